The molecule has 3 heteroatoms. The summed E-state index contributed by atoms with van der Waals surface area (Å²) in [5.41, 5.74) is 3.66. The molecule has 0 bridgehead atoms. The highest BCUT2D eigenvalue weighted by Crippen LogP contribution is 2.13. The van der Waals surface area contributed by atoms with E-state index < -0.39 is 0 Å². The Morgan fingerprint density at radius 1 is 1.00 bits per heavy atom. The SMILES string of the molecule is CN(C)c1ccc(C=CCNCCc2ccc(O)cc2)cc1. The largest absolute Gasteiger partial charge is 0.508 e. The van der Waals surface area contributed by atoms with Gasteiger partial charge in [0.1, 0.15) is 5.75 Å². The number of nitrogens with one attached hydrogen (secondary N) is 1. The third kappa shape index (κ3) is 5.26. The summed E-state index contributed by atoms with van der Waals surface area (Å²) in [6.07, 6.45) is 5.24. The first-order chi connectivity index (χ1) is 10.6. The van der Waals surface area contributed by atoms with Crippen molar-refractivity contribution in [2.24, 2.45) is 0 Å². The van der Waals surface area contributed by atoms with Gasteiger partial charge in [-0.05, 0) is 48.4 Å². The maximum absolute atomic E-state index is 9.23. The van der Waals surface area contributed by atoms with Crippen molar-refractivity contribution in [3.05, 3.63) is 65.7 Å². The van der Waals surface area contributed by atoms with Crippen molar-refractivity contribution in [1.82, 2.24) is 5.32 Å². The zero-order valence-corrected chi connectivity index (χ0v) is 13.3. The highest BCUT2D eigenvalue weighted by Gasteiger charge is 1.94. The van der Waals surface area contributed by atoms with Crippen molar-refractivity contribution in [2.75, 3.05) is 32.1 Å². The Labute approximate surface area is 132 Å². The van der Waals surface area contributed by atoms with Gasteiger partial charge in [-0.3, -0.25) is 0 Å². The summed E-state index contributed by atoms with van der Waals surface area (Å²) in [6, 6.07) is 15.9. The third-order valence-corrected chi connectivity index (χ3v) is 3.51. The molecule has 0 aliphatic heterocycles. The first-order valence-corrected chi connectivity index (χ1v) is 7.58. The number of phenols is 1. The van der Waals surface area contributed by atoms with Crippen LogP contribution in [0.3, 0.4) is 0 Å². The van der Waals surface area contributed by atoms with Gasteiger partial charge in [0, 0.05) is 26.3 Å². The van der Waals surface area contributed by atoms with Crippen LogP contribution in [0.2, 0.25) is 0 Å². The molecule has 0 radical (unpaired) electrons. The molecule has 2 N–H and O–H groups in total. The van der Waals surface area contributed by atoms with Crippen LogP contribution >= 0.6 is 0 Å². The lowest BCUT2D eigenvalue weighted by molar-refractivity contribution is 0.475. The van der Waals surface area contributed by atoms with Gasteiger partial charge in [0.05, 0.1) is 0 Å². The van der Waals surface area contributed by atoms with Crippen molar-refractivity contribution in [3.8, 4) is 5.75 Å². The van der Waals surface area contributed by atoms with Crippen molar-refractivity contribution in [1.29, 1.82) is 0 Å². The summed E-state index contributed by atoms with van der Waals surface area (Å²) in [6.45, 7) is 1.78. The standard InChI is InChI=1S/C19H24N2O/c1-21(2)18-9-5-16(6-10-18)4-3-14-20-15-13-17-7-11-19(22)12-8-17/h3-12,20,22H,13-15H2,1-2H3. The van der Waals surface area contributed by atoms with Gasteiger partial charge in [0.15, 0.2) is 0 Å². The van der Waals surface area contributed by atoms with Gasteiger partial charge in [0.25, 0.3) is 0 Å². The molecular formula is C19H24N2O. The van der Waals surface area contributed by atoms with Gasteiger partial charge in [-0.2, -0.15) is 0 Å². The number of benzene rings is 2. The Bertz CT molecular complexity index is 586. The van der Waals surface area contributed by atoms with Gasteiger partial charge in [-0.15, -0.1) is 0 Å². The first-order valence-electron chi connectivity index (χ1n) is 7.58. The van der Waals surface area contributed by atoms with E-state index in [0.717, 1.165) is 19.5 Å². The minimum Gasteiger partial charge on any atom is -0.508 e. The Balaban J connectivity index is 1.68. The molecule has 0 unspecified atom stereocenters. The Morgan fingerprint density at radius 2 is 1.68 bits per heavy atom. The molecule has 0 aromatic heterocycles. The number of hydrogen-bond acceptors (Lipinski definition) is 3. The summed E-state index contributed by atoms with van der Waals surface area (Å²) < 4.78 is 0. The lowest BCUT2D eigenvalue weighted by Crippen LogP contribution is -2.16. The summed E-state index contributed by atoms with van der Waals surface area (Å²) in [5.74, 6) is 0.319. The van der Waals surface area contributed by atoms with E-state index in [2.05, 4.69) is 46.6 Å². The first kappa shape index (κ1) is 16.1. The lowest BCUT2D eigenvalue weighted by Gasteiger charge is -2.11. The summed E-state index contributed by atoms with van der Waals surface area (Å²) in [4.78, 5) is 2.10. The molecule has 2 aromatic carbocycles. The number of hydrogen-bond donors (Lipinski definition) is 2. The zero-order valence-electron chi connectivity index (χ0n) is 13.3. The van der Waals surface area contributed by atoms with Crippen LogP contribution in [0, 0.1) is 0 Å². The van der Waals surface area contributed by atoms with Crippen LogP contribution in [0.5, 0.6) is 5.75 Å². The molecule has 0 aliphatic carbocycles. The fourth-order valence-corrected chi connectivity index (χ4v) is 2.16. The zero-order chi connectivity index (χ0) is 15.8. The van der Waals surface area contributed by atoms with Crippen LogP contribution in [-0.2, 0) is 6.42 Å². The van der Waals surface area contributed by atoms with Crippen LogP contribution in [0.4, 0.5) is 5.69 Å². The van der Waals surface area contributed by atoms with E-state index in [1.807, 2.05) is 26.2 Å². The molecule has 0 spiro atoms. The predicted molar refractivity (Wildman–Crippen MR) is 94.5 cm³/mol. The molecule has 0 fully saturated rings. The molecule has 0 amide bonds. The topological polar surface area (TPSA) is 35.5 Å². The van der Waals surface area contributed by atoms with E-state index in [1.165, 1.54) is 16.8 Å². The minimum atomic E-state index is 0.319. The fraction of sp³-hybridized carbons (Fsp3) is 0.263. The molecule has 3 nitrogen and oxygen atoms in total. The van der Waals surface area contributed by atoms with Gasteiger partial charge in [-0.25, -0.2) is 0 Å². The molecule has 0 saturated heterocycles. The molecule has 0 heterocycles. The predicted octanol–water partition coefficient (Wildman–Crippen LogP) is 3.30. The van der Waals surface area contributed by atoms with E-state index in [-0.39, 0.29) is 0 Å². The van der Waals surface area contributed by atoms with Gasteiger partial charge < -0.3 is 15.3 Å². The average Bonchev–Trinajstić information content (AvgIpc) is 2.53. The van der Waals surface area contributed by atoms with Gasteiger partial charge in [-0.1, -0.05) is 36.4 Å². The smallest absolute Gasteiger partial charge is 0.115 e. The highest BCUT2D eigenvalue weighted by molar-refractivity contribution is 5.55. The normalized spacial score (nSPS) is 11.0. The third-order valence-electron chi connectivity index (χ3n) is 3.51. The monoisotopic (exact) mass is 296 g/mol. The molecule has 0 aliphatic rings. The number of nitrogens with zero attached hydrogens (tertiary/aromatic N) is 1. The van der Waals surface area contributed by atoms with Crippen molar-refractivity contribution in [2.45, 2.75) is 6.42 Å². The molecule has 2 rings (SSSR count). The Kier molecular flexibility index (Phi) is 6.04. The van der Waals surface area contributed by atoms with Crippen LogP contribution in [-0.4, -0.2) is 32.3 Å². The Morgan fingerprint density at radius 3 is 2.32 bits per heavy atom. The molecule has 0 atom stereocenters. The van der Waals surface area contributed by atoms with Crippen LogP contribution < -0.4 is 10.2 Å². The Hall–Kier alpha value is -2.26. The second-order valence-corrected chi connectivity index (χ2v) is 5.51. The van der Waals surface area contributed by atoms with Gasteiger partial charge in [0.2, 0.25) is 0 Å². The number of phenolic OH excluding ortho intramolecular Hbond substituents is 1. The van der Waals surface area contributed by atoms with Crippen LogP contribution in [0.25, 0.3) is 6.08 Å². The highest BCUT2D eigenvalue weighted by atomic mass is 16.3. The van der Waals surface area contributed by atoms with E-state index in [9.17, 15) is 5.11 Å². The quantitative estimate of drug-likeness (QED) is 0.770. The maximum atomic E-state index is 9.23. The molecule has 2 aromatic rings. The second kappa shape index (κ2) is 8.25. The molecule has 116 valence electrons. The van der Waals surface area contributed by atoms with E-state index >= 15 is 0 Å². The minimum absolute atomic E-state index is 0.319. The molecular weight excluding hydrogens is 272 g/mol. The van der Waals surface area contributed by atoms with Crippen molar-refractivity contribution < 1.29 is 5.11 Å². The number of anilines is 1. The van der Waals surface area contributed by atoms with E-state index in [4.69, 9.17) is 0 Å². The second-order valence-electron chi connectivity index (χ2n) is 5.51. The lowest BCUT2D eigenvalue weighted by atomic mass is 10.1. The summed E-state index contributed by atoms with van der Waals surface area (Å²) in [5, 5.41) is 12.6. The van der Waals surface area contributed by atoms with Crippen LogP contribution in [0.1, 0.15) is 11.1 Å². The average molecular weight is 296 g/mol. The maximum Gasteiger partial charge on any atom is 0.115 e. The molecule has 22 heavy (non-hydrogen) atoms. The van der Waals surface area contributed by atoms with E-state index in [0.29, 0.717) is 5.75 Å². The van der Waals surface area contributed by atoms with Crippen molar-refractivity contribution >= 4 is 11.8 Å². The van der Waals surface area contributed by atoms with E-state index in [1.54, 1.807) is 12.1 Å². The summed E-state index contributed by atoms with van der Waals surface area (Å²) in [7, 11) is 4.09. The van der Waals surface area contributed by atoms with Crippen LogP contribution in [0.15, 0.2) is 54.6 Å². The number of rotatable bonds is 7. The summed E-state index contributed by atoms with van der Waals surface area (Å²) >= 11 is 0. The number of aromatic hydroxyl groups is 1. The van der Waals surface area contributed by atoms with Gasteiger partial charge >= 0.3 is 0 Å². The van der Waals surface area contributed by atoms with Crippen molar-refractivity contribution in [3.63, 3.8) is 0 Å². The fourth-order valence-electron chi connectivity index (χ4n) is 2.16. The molecule has 0 saturated carbocycles.